The van der Waals surface area contributed by atoms with Gasteiger partial charge in [0.25, 0.3) is 0 Å². The lowest BCUT2D eigenvalue weighted by atomic mass is 10.3. The van der Waals surface area contributed by atoms with Crippen LogP contribution in [0.15, 0.2) is 30.3 Å². The molecule has 78 valence electrons. The highest BCUT2D eigenvalue weighted by molar-refractivity contribution is 7.15. The Balaban J connectivity index is 2.32. The van der Waals surface area contributed by atoms with Crippen LogP contribution in [0.5, 0.6) is 0 Å². The molecule has 0 fully saturated rings. The molecule has 1 heterocycles. The molecule has 15 heavy (non-hydrogen) atoms. The Kier molecular flexibility index (Phi) is 2.73. The Morgan fingerprint density at radius 3 is 2.33 bits per heavy atom. The lowest BCUT2D eigenvalue weighted by molar-refractivity contribution is 1.13. The zero-order chi connectivity index (χ0) is 10.8. The number of hydrogen-bond acceptors (Lipinski definition) is 3. The van der Waals surface area contributed by atoms with Crippen molar-refractivity contribution in [2.45, 2.75) is 13.8 Å². The number of para-hydroxylation sites is 1. The fourth-order valence-electron chi connectivity index (χ4n) is 1.36. The van der Waals surface area contributed by atoms with Crippen molar-refractivity contribution < 1.29 is 0 Å². The zero-order valence-electron chi connectivity index (χ0n) is 9.19. The fraction of sp³-hybridized carbons (Fsp3) is 0.250. The van der Waals surface area contributed by atoms with Gasteiger partial charge in [-0.2, -0.15) is 0 Å². The van der Waals surface area contributed by atoms with E-state index in [0.29, 0.717) is 0 Å². The highest BCUT2D eigenvalue weighted by Crippen LogP contribution is 2.29. The highest BCUT2D eigenvalue weighted by Gasteiger charge is 2.09. The minimum Gasteiger partial charge on any atom is -0.321 e. The summed E-state index contributed by atoms with van der Waals surface area (Å²) in [6.45, 7) is 4.16. The summed E-state index contributed by atoms with van der Waals surface area (Å²) in [5.41, 5.74) is 2.30. The first kappa shape index (κ1) is 10.2. The van der Waals surface area contributed by atoms with Gasteiger partial charge in [-0.05, 0) is 26.0 Å². The number of anilines is 2. The van der Waals surface area contributed by atoms with Crippen molar-refractivity contribution >= 4 is 22.2 Å². The van der Waals surface area contributed by atoms with Gasteiger partial charge in [0.15, 0.2) is 5.13 Å². The van der Waals surface area contributed by atoms with Crippen LogP contribution in [0.2, 0.25) is 0 Å². The average molecular weight is 218 g/mol. The van der Waals surface area contributed by atoms with Gasteiger partial charge in [0, 0.05) is 17.6 Å². The van der Waals surface area contributed by atoms with Gasteiger partial charge in [0.2, 0.25) is 0 Å². The van der Waals surface area contributed by atoms with Crippen LogP contribution in [0.3, 0.4) is 0 Å². The number of rotatable bonds is 2. The number of thiazole rings is 1. The monoisotopic (exact) mass is 218 g/mol. The summed E-state index contributed by atoms with van der Waals surface area (Å²) in [4.78, 5) is 7.93. The number of aryl methyl sites for hydroxylation is 2. The molecule has 1 aromatic heterocycles. The highest BCUT2D eigenvalue weighted by atomic mass is 32.1. The quantitative estimate of drug-likeness (QED) is 0.766. The zero-order valence-corrected chi connectivity index (χ0v) is 10.0. The normalized spacial score (nSPS) is 10.3. The smallest absolute Gasteiger partial charge is 0.190 e. The van der Waals surface area contributed by atoms with Crippen LogP contribution >= 0.6 is 11.3 Å². The molecule has 0 aliphatic heterocycles. The third-order valence-electron chi connectivity index (χ3n) is 2.45. The maximum atomic E-state index is 4.53. The van der Waals surface area contributed by atoms with E-state index in [1.807, 2.05) is 32.2 Å². The van der Waals surface area contributed by atoms with E-state index in [1.165, 1.54) is 10.6 Å². The second-order valence-corrected chi connectivity index (χ2v) is 4.71. The summed E-state index contributed by atoms with van der Waals surface area (Å²) in [5.74, 6) is 0. The van der Waals surface area contributed by atoms with Crippen molar-refractivity contribution in [1.82, 2.24) is 4.98 Å². The van der Waals surface area contributed by atoms with Crippen LogP contribution in [0.1, 0.15) is 10.6 Å². The summed E-state index contributed by atoms with van der Waals surface area (Å²) in [5, 5.41) is 1.05. The molecule has 0 saturated heterocycles. The Labute approximate surface area is 94.2 Å². The summed E-state index contributed by atoms with van der Waals surface area (Å²) in [6.07, 6.45) is 0. The van der Waals surface area contributed by atoms with Gasteiger partial charge in [0.1, 0.15) is 0 Å². The maximum Gasteiger partial charge on any atom is 0.190 e. The molecule has 0 amide bonds. The van der Waals surface area contributed by atoms with Crippen LogP contribution in [-0.2, 0) is 0 Å². The first-order valence-corrected chi connectivity index (χ1v) is 5.73. The topological polar surface area (TPSA) is 16.1 Å². The van der Waals surface area contributed by atoms with Gasteiger partial charge in [-0.1, -0.05) is 18.2 Å². The standard InChI is InChI=1S/C12H14N2S/c1-9-10(2)15-12(13-9)14(3)11-7-5-4-6-8-11/h4-8H,1-3H3. The fourth-order valence-corrected chi connectivity index (χ4v) is 2.25. The van der Waals surface area contributed by atoms with Crippen molar-refractivity contribution in [3.63, 3.8) is 0 Å². The molecule has 3 heteroatoms. The molecule has 0 unspecified atom stereocenters. The van der Waals surface area contributed by atoms with Gasteiger partial charge in [-0.25, -0.2) is 4.98 Å². The summed E-state index contributed by atoms with van der Waals surface area (Å²) < 4.78 is 0. The van der Waals surface area contributed by atoms with Crippen LogP contribution in [0, 0.1) is 13.8 Å². The lowest BCUT2D eigenvalue weighted by Crippen LogP contribution is -2.08. The summed E-state index contributed by atoms with van der Waals surface area (Å²) in [6, 6.07) is 10.3. The summed E-state index contributed by atoms with van der Waals surface area (Å²) in [7, 11) is 2.05. The molecule has 2 aromatic rings. The van der Waals surface area contributed by atoms with Crippen LogP contribution in [0.4, 0.5) is 10.8 Å². The molecule has 2 nitrogen and oxygen atoms in total. The van der Waals surface area contributed by atoms with E-state index in [-0.39, 0.29) is 0 Å². The molecule has 0 atom stereocenters. The Morgan fingerprint density at radius 2 is 1.80 bits per heavy atom. The van der Waals surface area contributed by atoms with Crippen molar-refractivity contribution in [1.29, 1.82) is 0 Å². The number of aromatic nitrogens is 1. The molecule has 0 spiro atoms. The van der Waals surface area contributed by atoms with Gasteiger partial charge < -0.3 is 4.90 Å². The van der Waals surface area contributed by atoms with Crippen molar-refractivity contribution in [2.24, 2.45) is 0 Å². The molecule has 0 saturated carbocycles. The second kappa shape index (κ2) is 4.03. The predicted molar refractivity (Wildman–Crippen MR) is 66.1 cm³/mol. The van der Waals surface area contributed by atoms with Crippen molar-refractivity contribution in [2.75, 3.05) is 11.9 Å². The SMILES string of the molecule is Cc1nc(N(C)c2ccccc2)sc1C. The maximum absolute atomic E-state index is 4.53. The van der Waals surface area contributed by atoms with Crippen LogP contribution < -0.4 is 4.90 Å². The van der Waals surface area contributed by atoms with Gasteiger partial charge in [-0.3, -0.25) is 0 Å². The molecular formula is C12H14N2S. The van der Waals surface area contributed by atoms with Gasteiger partial charge >= 0.3 is 0 Å². The first-order chi connectivity index (χ1) is 7.18. The molecule has 0 aliphatic rings. The minimum absolute atomic E-state index is 1.05. The molecule has 0 aliphatic carbocycles. The number of benzene rings is 1. The molecule has 0 radical (unpaired) electrons. The van der Waals surface area contributed by atoms with Crippen molar-refractivity contribution in [3.05, 3.63) is 40.9 Å². The Morgan fingerprint density at radius 1 is 1.13 bits per heavy atom. The summed E-state index contributed by atoms with van der Waals surface area (Å²) >= 11 is 1.73. The Hall–Kier alpha value is -1.35. The van der Waals surface area contributed by atoms with E-state index < -0.39 is 0 Å². The third-order valence-corrected chi connectivity index (χ3v) is 3.60. The van der Waals surface area contributed by atoms with E-state index >= 15 is 0 Å². The van der Waals surface area contributed by atoms with Gasteiger partial charge in [-0.15, -0.1) is 11.3 Å². The second-order valence-electron chi connectivity index (χ2n) is 3.53. The van der Waals surface area contributed by atoms with E-state index in [4.69, 9.17) is 0 Å². The molecule has 0 bridgehead atoms. The van der Waals surface area contributed by atoms with E-state index in [1.54, 1.807) is 11.3 Å². The van der Waals surface area contributed by atoms with E-state index in [2.05, 4.69) is 28.9 Å². The van der Waals surface area contributed by atoms with Crippen LogP contribution in [-0.4, -0.2) is 12.0 Å². The van der Waals surface area contributed by atoms with Gasteiger partial charge in [0.05, 0.1) is 5.69 Å². The van der Waals surface area contributed by atoms with Crippen LogP contribution in [0.25, 0.3) is 0 Å². The third kappa shape index (κ3) is 2.02. The predicted octanol–water partition coefficient (Wildman–Crippen LogP) is 3.53. The molecule has 0 N–H and O–H groups in total. The van der Waals surface area contributed by atoms with E-state index in [0.717, 1.165) is 10.8 Å². The average Bonchev–Trinajstić information content (AvgIpc) is 2.59. The molecular weight excluding hydrogens is 204 g/mol. The largest absolute Gasteiger partial charge is 0.321 e. The lowest BCUT2D eigenvalue weighted by Gasteiger charge is -2.15. The molecule has 1 aromatic carbocycles. The number of nitrogens with zero attached hydrogens (tertiary/aromatic N) is 2. The Bertz CT molecular complexity index is 428. The van der Waals surface area contributed by atoms with E-state index in [9.17, 15) is 0 Å². The van der Waals surface area contributed by atoms with Crippen molar-refractivity contribution in [3.8, 4) is 0 Å². The number of hydrogen-bond donors (Lipinski definition) is 0. The molecule has 2 rings (SSSR count). The minimum atomic E-state index is 1.05. The first-order valence-electron chi connectivity index (χ1n) is 4.91.